The number of carboxylic acids is 1. The third-order valence-electron chi connectivity index (χ3n) is 7.97. The first kappa shape index (κ1) is 24.0. The van der Waals surface area contributed by atoms with E-state index in [1.54, 1.807) is 0 Å². The second-order valence-corrected chi connectivity index (χ2v) is 10.1. The summed E-state index contributed by atoms with van der Waals surface area (Å²) in [5.74, 6) is -0.718. The minimum atomic E-state index is -0.956. The molecule has 0 amide bonds. The van der Waals surface area contributed by atoms with Gasteiger partial charge in [-0.25, -0.2) is 9.78 Å². The van der Waals surface area contributed by atoms with Crippen LogP contribution in [0.1, 0.15) is 84.2 Å². The molecule has 0 spiro atoms. The number of allylic oxidation sites excluding steroid dienone is 1. The Bertz CT molecular complexity index is 1620. The number of carboxylic acid groups (broad SMARTS) is 1. The van der Waals surface area contributed by atoms with E-state index < -0.39 is 5.97 Å². The lowest BCUT2D eigenvalue weighted by Crippen LogP contribution is -2.02. The normalized spacial score (nSPS) is 15.6. The molecule has 1 atom stereocenters. The molecular formula is C30H34N4O2. The van der Waals surface area contributed by atoms with E-state index in [1.165, 1.54) is 22.3 Å². The van der Waals surface area contributed by atoms with Gasteiger partial charge in [-0.2, -0.15) is 0 Å². The van der Waals surface area contributed by atoms with Gasteiger partial charge in [-0.05, 0) is 98.5 Å². The monoisotopic (exact) mass is 482 g/mol. The van der Waals surface area contributed by atoms with E-state index >= 15 is 0 Å². The number of H-pyrrole nitrogens is 2. The summed E-state index contributed by atoms with van der Waals surface area (Å²) in [6.45, 7) is 14.6. The molecule has 5 heterocycles. The number of aliphatic carboxylic acids is 1. The van der Waals surface area contributed by atoms with Crippen molar-refractivity contribution in [2.45, 2.75) is 73.6 Å². The van der Waals surface area contributed by atoms with Crippen LogP contribution in [-0.4, -0.2) is 31.0 Å². The van der Waals surface area contributed by atoms with Crippen molar-refractivity contribution < 1.29 is 9.90 Å². The highest BCUT2D eigenvalue weighted by atomic mass is 16.4. The van der Waals surface area contributed by atoms with E-state index in [1.807, 2.05) is 19.9 Å². The molecule has 0 aromatic carbocycles. The molecule has 6 nitrogen and oxygen atoms in total. The third kappa shape index (κ3) is 3.67. The largest absolute Gasteiger partial charge is 0.478 e. The first-order valence-electron chi connectivity index (χ1n) is 12.8. The van der Waals surface area contributed by atoms with E-state index in [-0.39, 0.29) is 11.5 Å². The van der Waals surface area contributed by atoms with E-state index in [2.05, 4.69) is 56.7 Å². The fourth-order valence-corrected chi connectivity index (χ4v) is 5.73. The second-order valence-electron chi connectivity index (χ2n) is 10.1. The molecule has 8 bridgehead atoms. The molecule has 0 fully saturated rings. The number of hydrogen-bond donors (Lipinski definition) is 3. The summed E-state index contributed by atoms with van der Waals surface area (Å²) < 4.78 is 0. The Kier molecular flexibility index (Phi) is 5.86. The van der Waals surface area contributed by atoms with Crippen molar-refractivity contribution in [2.75, 3.05) is 0 Å². The Morgan fingerprint density at radius 2 is 1.47 bits per heavy atom. The highest BCUT2D eigenvalue weighted by molar-refractivity contribution is 6.24. The maximum atomic E-state index is 12.3. The lowest BCUT2D eigenvalue weighted by Gasteiger charge is -2.03. The maximum Gasteiger partial charge on any atom is 0.338 e. The number of aryl methyl sites for hydroxylation is 4. The Morgan fingerprint density at radius 3 is 2.06 bits per heavy atom. The summed E-state index contributed by atoms with van der Waals surface area (Å²) in [5, 5.41) is 10.1. The van der Waals surface area contributed by atoms with Crippen LogP contribution in [0.5, 0.6) is 0 Å². The smallest absolute Gasteiger partial charge is 0.338 e. The SMILES string of the molecule is CCc1c(C)c2cc3[nH]c(cc4nc(c(C)c5nc(cc1[nH]2)C(C)=C5C(=O)O)CC4C)c(C)c3CC. The number of aromatic nitrogens is 4. The van der Waals surface area contributed by atoms with Crippen molar-refractivity contribution in [3.63, 3.8) is 0 Å². The van der Waals surface area contributed by atoms with Crippen LogP contribution in [0.25, 0.3) is 33.2 Å². The summed E-state index contributed by atoms with van der Waals surface area (Å²) in [4.78, 5) is 29.5. The first-order chi connectivity index (χ1) is 17.1. The number of aromatic amines is 2. The molecule has 2 aliphatic rings. The van der Waals surface area contributed by atoms with Crippen molar-refractivity contribution >= 4 is 39.2 Å². The molecule has 5 rings (SSSR count). The van der Waals surface area contributed by atoms with Gasteiger partial charge in [-0.1, -0.05) is 20.8 Å². The van der Waals surface area contributed by atoms with E-state index in [4.69, 9.17) is 9.97 Å². The fraction of sp³-hybridized carbons (Fsp3) is 0.367. The molecule has 36 heavy (non-hydrogen) atoms. The van der Waals surface area contributed by atoms with Gasteiger partial charge in [0.2, 0.25) is 0 Å². The van der Waals surface area contributed by atoms with Gasteiger partial charge in [0.15, 0.2) is 0 Å². The predicted molar refractivity (Wildman–Crippen MR) is 146 cm³/mol. The van der Waals surface area contributed by atoms with Crippen LogP contribution >= 0.6 is 0 Å². The van der Waals surface area contributed by atoms with E-state index in [0.717, 1.165) is 58.3 Å². The average Bonchev–Trinajstić information content (AvgIpc) is 3.53. The number of nitrogens with zero attached hydrogens (tertiary/aromatic N) is 2. The predicted octanol–water partition coefficient (Wildman–Crippen LogP) is 6.73. The van der Waals surface area contributed by atoms with Crippen LogP contribution in [0, 0.1) is 20.8 Å². The van der Waals surface area contributed by atoms with Gasteiger partial charge in [0.25, 0.3) is 0 Å². The molecule has 3 N–H and O–H groups in total. The van der Waals surface area contributed by atoms with Gasteiger partial charge in [-0.3, -0.25) is 4.98 Å². The molecule has 3 aromatic heterocycles. The Morgan fingerprint density at radius 1 is 0.889 bits per heavy atom. The van der Waals surface area contributed by atoms with Gasteiger partial charge in [0.1, 0.15) is 0 Å². The number of fused-ring (bicyclic) bond motifs is 8. The van der Waals surface area contributed by atoms with Crippen molar-refractivity contribution in [3.05, 3.63) is 68.8 Å². The van der Waals surface area contributed by atoms with Crippen molar-refractivity contribution in [3.8, 4) is 0 Å². The zero-order chi connectivity index (χ0) is 25.9. The fourth-order valence-electron chi connectivity index (χ4n) is 5.73. The molecule has 186 valence electrons. The molecule has 0 saturated carbocycles. The van der Waals surface area contributed by atoms with Crippen LogP contribution in [0.3, 0.4) is 0 Å². The van der Waals surface area contributed by atoms with Crippen molar-refractivity contribution in [2.24, 2.45) is 0 Å². The topological polar surface area (TPSA) is 94.7 Å². The van der Waals surface area contributed by atoms with Gasteiger partial charge in [0, 0.05) is 39.4 Å². The van der Waals surface area contributed by atoms with Crippen LogP contribution in [0.2, 0.25) is 0 Å². The van der Waals surface area contributed by atoms with E-state index in [0.29, 0.717) is 17.0 Å². The minimum absolute atomic E-state index is 0.237. The van der Waals surface area contributed by atoms with Crippen LogP contribution in [0.15, 0.2) is 18.2 Å². The lowest BCUT2D eigenvalue weighted by molar-refractivity contribution is -0.130. The molecule has 1 unspecified atom stereocenters. The van der Waals surface area contributed by atoms with Gasteiger partial charge in [0.05, 0.1) is 17.0 Å². The highest BCUT2D eigenvalue weighted by Gasteiger charge is 2.27. The van der Waals surface area contributed by atoms with Crippen molar-refractivity contribution in [1.82, 2.24) is 19.9 Å². The van der Waals surface area contributed by atoms with Crippen LogP contribution < -0.4 is 0 Å². The van der Waals surface area contributed by atoms with Crippen LogP contribution in [0.4, 0.5) is 0 Å². The van der Waals surface area contributed by atoms with E-state index in [9.17, 15) is 9.90 Å². The van der Waals surface area contributed by atoms with Gasteiger partial charge >= 0.3 is 5.97 Å². The summed E-state index contributed by atoms with van der Waals surface area (Å²) >= 11 is 0. The Hall–Kier alpha value is -3.67. The number of nitrogens with one attached hydrogen (secondary N) is 2. The standard InChI is InChI=1S/C30H34N4O2/c1-8-19-15(4)23-11-21-14(3)10-22(31-21)18(7)29-28(30(35)36)17(6)25(34-29)13-27-20(9-2)16(5)24(33-27)12-26(19)32-23/h11-14,32-33H,8-10H2,1-7H3,(H,35,36). The molecule has 0 aliphatic carbocycles. The number of carbonyl (C=O) groups is 1. The average molecular weight is 483 g/mol. The maximum absolute atomic E-state index is 12.3. The van der Waals surface area contributed by atoms with Crippen molar-refractivity contribution in [1.29, 1.82) is 0 Å². The summed E-state index contributed by atoms with van der Waals surface area (Å²) in [5.41, 5.74) is 14.1. The van der Waals surface area contributed by atoms with Gasteiger partial charge < -0.3 is 15.1 Å². The first-order valence-corrected chi connectivity index (χ1v) is 12.8. The van der Waals surface area contributed by atoms with Crippen LogP contribution in [-0.2, 0) is 24.1 Å². The highest BCUT2D eigenvalue weighted by Crippen LogP contribution is 2.35. The zero-order valence-corrected chi connectivity index (χ0v) is 22.2. The third-order valence-corrected chi connectivity index (χ3v) is 7.97. The summed E-state index contributed by atoms with van der Waals surface area (Å²) in [6, 6.07) is 6.37. The lowest BCUT2D eigenvalue weighted by atomic mass is 9.99. The molecule has 0 radical (unpaired) electrons. The quantitative estimate of drug-likeness (QED) is 0.386. The summed E-state index contributed by atoms with van der Waals surface area (Å²) in [7, 11) is 0. The molecule has 6 heteroatoms. The zero-order valence-electron chi connectivity index (χ0n) is 22.2. The molecule has 3 aromatic rings. The van der Waals surface area contributed by atoms with Gasteiger partial charge in [-0.15, -0.1) is 0 Å². The molecular weight excluding hydrogens is 448 g/mol. The summed E-state index contributed by atoms with van der Waals surface area (Å²) in [6.07, 6.45) is 2.56. The Labute approximate surface area is 211 Å². The number of rotatable bonds is 3. The molecule has 2 aliphatic heterocycles. The Balaban J connectivity index is 2.01. The molecule has 0 saturated heterocycles. The minimum Gasteiger partial charge on any atom is -0.478 e. The number of hydrogen-bond acceptors (Lipinski definition) is 3. The second kappa shape index (κ2) is 8.77.